The lowest BCUT2D eigenvalue weighted by molar-refractivity contribution is 0.223. The first-order valence-electron chi connectivity index (χ1n) is 7.73. The molecule has 1 aromatic heterocycles. The minimum Gasteiger partial charge on any atom is -0.494 e. The second-order valence-corrected chi connectivity index (χ2v) is 5.33. The van der Waals surface area contributed by atoms with Gasteiger partial charge in [0.05, 0.1) is 18.2 Å². The number of rotatable bonds is 8. The molecule has 0 fully saturated rings. The Kier molecular flexibility index (Phi) is 5.77. The number of nitrogens with one attached hydrogen (secondary N) is 1. The quantitative estimate of drug-likeness (QED) is 0.437. The van der Waals surface area contributed by atoms with Gasteiger partial charge in [0.15, 0.2) is 5.82 Å². The molecule has 0 amide bonds. The third kappa shape index (κ3) is 3.76. The van der Waals surface area contributed by atoms with Crippen molar-refractivity contribution in [3.8, 4) is 0 Å². The van der Waals surface area contributed by atoms with Gasteiger partial charge in [-0.25, -0.2) is 15.4 Å². The van der Waals surface area contributed by atoms with Gasteiger partial charge in [-0.15, -0.1) is 0 Å². The smallest absolute Gasteiger partial charge is 0.152 e. The summed E-state index contributed by atoms with van der Waals surface area (Å²) in [7, 11) is 1.94. The lowest BCUT2D eigenvalue weighted by atomic mass is 10.0. The van der Waals surface area contributed by atoms with Crippen molar-refractivity contribution >= 4 is 11.6 Å². The summed E-state index contributed by atoms with van der Waals surface area (Å²) in [5, 5.41) is 1.91. The van der Waals surface area contributed by atoms with Crippen LogP contribution in [-0.4, -0.2) is 23.6 Å². The fourth-order valence-electron chi connectivity index (χ4n) is 2.56. The molecular weight excluding hydrogens is 278 g/mol. The topological polar surface area (TPSA) is 76.3 Å². The summed E-state index contributed by atoms with van der Waals surface area (Å²) < 4.78 is 5.58. The molecule has 0 saturated heterocycles. The van der Waals surface area contributed by atoms with Crippen LogP contribution in [0.4, 0.5) is 11.6 Å². The number of anilines is 2. The number of nitrogens with zero attached hydrogens (tertiary/aromatic N) is 3. The number of ether oxygens (including phenoxy) is 1. The SMILES string of the molecule is C=C/C(=C\CCCC1NN(C)c2ncnc(N)c21)OCCC. The van der Waals surface area contributed by atoms with Crippen molar-refractivity contribution in [2.24, 2.45) is 0 Å². The van der Waals surface area contributed by atoms with Gasteiger partial charge in [-0.2, -0.15) is 0 Å². The van der Waals surface area contributed by atoms with Gasteiger partial charge in [0, 0.05) is 7.05 Å². The Hall–Kier alpha value is -2.08. The summed E-state index contributed by atoms with van der Waals surface area (Å²) in [5.74, 6) is 2.29. The van der Waals surface area contributed by atoms with Crippen LogP contribution in [-0.2, 0) is 4.74 Å². The molecule has 0 bridgehead atoms. The van der Waals surface area contributed by atoms with Gasteiger partial charge in [-0.1, -0.05) is 13.5 Å². The third-order valence-electron chi connectivity index (χ3n) is 3.63. The maximum absolute atomic E-state index is 5.99. The molecule has 2 rings (SSSR count). The van der Waals surface area contributed by atoms with Crippen LogP contribution in [0.2, 0.25) is 0 Å². The molecule has 22 heavy (non-hydrogen) atoms. The Morgan fingerprint density at radius 1 is 1.55 bits per heavy atom. The van der Waals surface area contributed by atoms with Crippen LogP contribution in [0.5, 0.6) is 0 Å². The monoisotopic (exact) mass is 303 g/mol. The Balaban J connectivity index is 1.89. The molecular formula is C16H25N5O. The second kappa shape index (κ2) is 7.79. The number of allylic oxidation sites excluding steroid dienone is 2. The Bertz CT molecular complexity index is 543. The zero-order chi connectivity index (χ0) is 15.9. The van der Waals surface area contributed by atoms with E-state index in [4.69, 9.17) is 10.5 Å². The maximum Gasteiger partial charge on any atom is 0.152 e. The largest absolute Gasteiger partial charge is 0.494 e. The summed E-state index contributed by atoms with van der Waals surface area (Å²) in [4.78, 5) is 8.38. The van der Waals surface area contributed by atoms with Crippen molar-refractivity contribution in [3.05, 3.63) is 36.4 Å². The van der Waals surface area contributed by atoms with Crippen molar-refractivity contribution in [2.45, 2.75) is 38.6 Å². The number of hydrogen-bond acceptors (Lipinski definition) is 6. The number of hydrogen-bond donors (Lipinski definition) is 2. The lowest BCUT2D eigenvalue weighted by Crippen LogP contribution is -2.30. The molecule has 2 heterocycles. The maximum atomic E-state index is 5.99. The van der Waals surface area contributed by atoms with E-state index in [9.17, 15) is 0 Å². The minimum absolute atomic E-state index is 0.165. The van der Waals surface area contributed by atoms with E-state index < -0.39 is 0 Å². The molecule has 3 N–H and O–H groups in total. The van der Waals surface area contributed by atoms with E-state index in [0.29, 0.717) is 5.82 Å². The van der Waals surface area contributed by atoms with Gasteiger partial charge in [0.1, 0.15) is 17.9 Å². The molecule has 0 spiro atoms. The van der Waals surface area contributed by atoms with Crippen molar-refractivity contribution in [2.75, 3.05) is 24.4 Å². The molecule has 0 aromatic carbocycles. The molecule has 0 saturated carbocycles. The first-order chi connectivity index (χ1) is 10.7. The van der Waals surface area contributed by atoms with Crippen molar-refractivity contribution in [3.63, 3.8) is 0 Å². The second-order valence-electron chi connectivity index (χ2n) is 5.33. The van der Waals surface area contributed by atoms with Crippen molar-refractivity contribution < 1.29 is 4.74 Å². The van der Waals surface area contributed by atoms with E-state index >= 15 is 0 Å². The Labute approximate surface area is 132 Å². The van der Waals surface area contributed by atoms with Crippen molar-refractivity contribution in [1.29, 1.82) is 0 Å². The number of unbranched alkanes of at least 4 members (excludes halogenated alkanes) is 1. The average Bonchev–Trinajstić information content (AvgIpc) is 2.84. The fraction of sp³-hybridized carbons (Fsp3) is 0.500. The summed E-state index contributed by atoms with van der Waals surface area (Å²) >= 11 is 0. The molecule has 1 unspecified atom stereocenters. The van der Waals surface area contributed by atoms with Gasteiger partial charge in [0.25, 0.3) is 0 Å². The molecule has 120 valence electrons. The van der Waals surface area contributed by atoms with Crippen LogP contribution < -0.4 is 16.2 Å². The predicted molar refractivity (Wildman–Crippen MR) is 89.1 cm³/mol. The minimum atomic E-state index is 0.165. The van der Waals surface area contributed by atoms with E-state index in [1.54, 1.807) is 6.08 Å². The Morgan fingerprint density at radius 3 is 3.09 bits per heavy atom. The molecule has 1 aliphatic rings. The van der Waals surface area contributed by atoms with Gasteiger partial charge in [0.2, 0.25) is 0 Å². The van der Waals surface area contributed by atoms with E-state index in [2.05, 4.69) is 35.0 Å². The standard InChI is InChI=1S/C16H25N5O/c1-4-10-22-12(5-2)8-6-7-9-13-14-15(17)18-11-19-16(14)21(3)20-13/h5,8,11,13,20H,2,4,6-7,9-10H2,1,3H3,(H2,17,18,19)/b12-8+. The first kappa shape index (κ1) is 16.3. The van der Waals surface area contributed by atoms with Gasteiger partial charge in [-0.05, 0) is 37.8 Å². The van der Waals surface area contributed by atoms with Gasteiger partial charge >= 0.3 is 0 Å². The highest BCUT2D eigenvalue weighted by molar-refractivity contribution is 5.60. The van der Waals surface area contributed by atoms with Crippen molar-refractivity contribution in [1.82, 2.24) is 15.4 Å². The fourth-order valence-corrected chi connectivity index (χ4v) is 2.56. The van der Waals surface area contributed by atoms with Crippen LogP contribution in [0.3, 0.4) is 0 Å². The average molecular weight is 303 g/mol. The van der Waals surface area contributed by atoms with E-state index in [1.807, 2.05) is 12.1 Å². The summed E-state index contributed by atoms with van der Waals surface area (Å²) in [6.45, 7) is 6.60. The zero-order valence-electron chi connectivity index (χ0n) is 13.4. The molecule has 0 aliphatic carbocycles. The Morgan fingerprint density at radius 2 is 2.36 bits per heavy atom. The van der Waals surface area contributed by atoms with Gasteiger partial charge < -0.3 is 10.5 Å². The number of nitrogens with two attached hydrogens (primary N) is 1. The highest BCUT2D eigenvalue weighted by Gasteiger charge is 2.29. The molecule has 0 radical (unpaired) electrons. The molecule has 1 atom stereocenters. The van der Waals surface area contributed by atoms with Gasteiger partial charge in [-0.3, -0.25) is 5.01 Å². The number of fused-ring (bicyclic) bond motifs is 1. The van der Waals surface area contributed by atoms with E-state index in [1.165, 1.54) is 6.33 Å². The highest BCUT2D eigenvalue weighted by Crippen LogP contribution is 2.35. The lowest BCUT2D eigenvalue weighted by Gasteiger charge is -2.14. The highest BCUT2D eigenvalue weighted by atomic mass is 16.5. The third-order valence-corrected chi connectivity index (χ3v) is 3.63. The summed E-state index contributed by atoms with van der Waals surface area (Å²) in [6.07, 6.45) is 9.27. The number of aromatic nitrogens is 2. The summed E-state index contributed by atoms with van der Waals surface area (Å²) in [5.41, 5.74) is 10.4. The normalized spacial score (nSPS) is 17.5. The van der Waals surface area contributed by atoms with Crippen LogP contribution in [0.15, 0.2) is 30.8 Å². The molecule has 1 aromatic rings. The number of nitrogen functional groups attached to an aromatic ring is 1. The van der Waals surface area contributed by atoms with E-state index in [-0.39, 0.29) is 6.04 Å². The van der Waals surface area contributed by atoms with E-state index in [0.717, 1.165) is 49.4 Å². The van der Waals surface area contributed by atoms with Crippen LogP contribution >= 0.6 is 0 Å². The van der Waals surface area contributed by atoms with Crippen LogP contribution in [0, 0.1) is 0 Å². The predicted octanol–water partition coefficient (Wildman–Crippen LogP) is 2.72. The first-order valence-corrected chi connectivity index (χ1v) is 7.73. The summed E-state index contributed by atoms with van der Waals surface area (Å²) in [6, 6.07) is 0.165. The zero-order valence-corrected chi connectivity index (χ0v) is 13.4. The van der Waals surface area contributed by atoms with Crippen LogP contribution in [0.1, 0.15) is 44.2 Å². The molecule has 6 heteroatoms. The molecule has 1 aliphatic heterocycles. The van der Waals surface area contributed by atoms with Crippen LogP contribution in [0.25, 0.3) is 0 Å². The molecule has 6 nitrogen and oxygen atoms in total. The number of hydrazine groups is 1.